The number of rotatable bonds is 15. The zero-order chi connectivity index (χ0) is 21.6. The molecule has 1 N–H and O–H groups in total. The zero-order valence-electron chi connectivity index (χ0n) is 17.8. The third-order valence-electron chi connectivity index (χ3n) is 3.85. The van der Waals surface area contributed by atoms with Crippen molar-refractivity contribution < 1.29 is 41.6 Å². The monoisotopic (exact) mass is 447 g/mol. The average molecular weight is 448 g/mol. The molecule has 0 aromatic carbocycles. The number of ether oxygens (including phenoxy) is 3. The standard InChI is InChI=1S/C18H32O9S.Na/c1-4-7-10-25-15(19)13-14(17(20)26-11-8-5-2)16(28(22,23)24)18(21)27-12-9-6-3;/h14,16H,4-13H2,1-3H3,(H,22,23,24);. The minimum Gasteiger partial charge on any atom is -0.466 e. The van der Waals surface area contributed by atoms with E-state index in [9.17, 15) is 27.4 Å². The van der Waals surface area contributed by atoms with Crippen LogP contribution in [0.2, 0.25) is 0 Å². The zero-order valence-corrected chi connectivity index (χ0v) is 20.7. The summed E-state index contributed by atoms with van der Waals surface area (Å²) < 4.78 is 48.0. The Hall–Kier alpha value is -0.680. The summed E-state index contributed by atoms with van der Waals surface area (Å²) in [5.41, 5.74) is 0. The van der Waals surface area contributed by atoms with Crippen molar-refractivity contribution in [1.29, 1.82) is 0 Å². The fourth-order valence-electron chi connectivity index (χ4n) is 2.20. The smallest absolute Gasteiger partial charge is 0.327 e. The Morgan fingerprint density at radius 1 is 0.793 bits per heavy atom. The van der Waals surface area contributed by atoms with Crippen LogP contribution in [-0.4, -0.2) is 85.5 Å². The first-order valence-corrected chi connectivity index (χ1v) is 11.1. The van der Waals surface area contributed by atoms with Gasteiger partial charge in [0.05, 0.1) is 32.2 Å². The predicted molar refractivity (Wildman–Crippen MR) is 107 cm³/mol. The van der Waals surface area contributed by atoms with Crippen molar-refractivity contribution in [3.63, 3.8) is 0 Å². The van der Waals surface area contributed by atoms with Gasteiger partial charge in [-0.25, -0.2) is 0 Å². The molecule has 0 rings (SSSR count). The first kappa shape index (κ1) is 30.5. The molecular formula is C18H32NaO9S. The van der Waals surface area contributed by atoms with Gasteiger partial charge in [0.15, 0.2) is 5.25 Å². The molecule has 0 saturated heterocycles. The third kappa shape index (κ3) is 13.3. The Bertz CT molecular complexity index is 592. The van der Waals surface area contributed by atoms with E-state index in [1.165, 1.54) is 0 Å². The number of carbonyl (C=O) groups excluding carboxylic acids is 3. The maximum absolute atomic E-state index is 12.4. The summed E-state index contributed by atoms with van der Waals surface area (Å²) in [5.74, 6) is -4.98. The summed E-state index contributed by atoms with van der Waals surface area (Å²) in [4.78, 5) is 36.7. The van der Waals surface area contributed by atoms with Crippen LogP contribution >= 0.6 is 0 Å². The maximum Gasteiger partial charge on any atom is 0.327 e. The van der Waals surface area contributed by atoms with Crippen LogP contribution in [0.4, 0.5) is 0 Å². The molecule has 0 aliphatic heterocycles. The van der Waals surface area contributed by atoms with Gasteiger partial charge >= 0.3 is 17.9 Å². The summed E-state index contributed by atoms with van der Waals surface area (Å²) in [7, 11) is -5.03. The third-order valence-corrected chi connectivity index (χ3v) is 5.02. The van der Waals surface area contributed by atoms with Crippen molar-refractivity contribution in [2.45, 2.75) is 71.0 Å². The van der Waals surface area contributed by atoms with E-state index in [0.29, 0.717) is 25.7 Å². The van der Waals surface area contributed by atoms with Crippen LogP contribution in [0.1, 0.15) is 65.7 Å². The summed E-state index contributed by atoms with van der Waals surface area (Å²) in [5, 5.41) is -2.25. The molecule has 0 amide bonds. The molecule has 29 heavy (non-hydrogen) atoms. The van der Waals surface area contributed by atoms with Gasteiger partial charge in [-0.15, -0.1) is 0 Å². The first-order chi connectivity index (χ1) is 13.2. The molecule has 9 nitrogen and oxygen atoms in total. The van der Waals surface area contributed by atoms with Crippen molar-refractivity contribution in [2.75, 3.05) is 19.8 Å². The van der Waals surface area contributed by atoms with Crippen LogP contribution in [0.3, 0.4) is 0 Å². The maximum atomic E-state index is 12.4. The van der Waals surface area contributed by atoms with Gasteiger partial charge < -0.3 is 14.2 Å². The van der Waals surface area contributed by atoms with Crippen molar-refractivity contribution in [3.05, 3.63) is 0 Å². The number of hydrogen-bond donors (Lipinski definition) is 1. The predicted octanol–water partition coefficient (Wildman–Crippen LogP) is 1.90. The fourth-order valence-corrected chi connectivity index (χ4v) is 3.13. The molecule has 2 unspecified atom stereocenters. The van der Waals surface area contributed by atoms with E-state index >= 15 is 0 Å². The van der Waals surface area contributed by atoms with Crippen molar-refractivity contribution >= 4 is 57.6 Å². The van der Waals surface area contributed by atoms with E-state index in [1.54, 1.807) is 0 Å². The van der Waals surface area contributed by atoms with E-state index in [2.05, 4.69) is 0 Å². The van der Waals surface area contributed by atoms with Gasteiger partial charge in [-0.05, 0) is 19.3 Å². The summed E-state index contributed by atoms with van der Waals surface area (Å²) in [6.07, 6.45) is 3.06. The van der Waals surface area contributed by atoms with Gasteiger partial charge in [0, 0.05) is 29.6 Å². The first-order valence-electron chi connectivity index (χ1n) is 9.64. The largest absolute Gasteiger partial charge is 0.466 e. The summed E-state index contributed by atoms with van der Waals surface area (Å²) in [6.45, 7) is 5.63. The molecule has 1 radical (unpaired) electrons. The number of esters is 3. The van der Waals surface area contributed by atoms with Gasteiger partial charge in [-0.1, -0.05) is 40.0 Å². The Labute approximate surface area is 195 Å². The summed E-state index contributed by atoms with van der Waals surface area (Å²) >= 11 is 0. The van der Waals surface area contributed by atoms with Gasteiger partial charge in [0.25, 0.3) is 10.1 Å². The van der Waals surface area contributed by atoms with Crippen LogP contribution in [0.15, 0.2) is 0 Å². The Morgan fingerprint density at radius 2 is 1.21 bits per heavy atom. The fraction of sp³-hybridized carbons (Fsp3) is 0.833. The minimum absolute atomic E-state index is 0. The molecule has 0 spiro atoms. The Morgan fingerprint density at radius 3 is 1.62 bits per heavy atom. The van der Waals surface area contributed by atoms with Crippen molar-refractivity contribution in [1.82, 2.24) is 0 Å². The molecule has 0 aliphatic carbocycles. The SMILES string of the molecule is CCCCOC(=O)CC(C(=O)OCCCC)C(C(=O)OCCCC)S(=O)(=O)O.[Na]. The van der Waals surface area contributed by atoms with E-state index in [-0.39, 0.29) is 49.4 Å². The molecular weight excluding hydrogens is 415 g/mol. The van der Waals surface area contributed by atoms with Crippen molar-refractivity contribution in [2.24, 2.45) is 5.92 Å². The summed E-state index contributed by atoms with van der Waals surface area (Å²) in [6, 6.07) is 0. The van der Waals surface area contributed by atoms with E-state index in [4.69, 9.17) is 14.2 Å². The van der Waals surface area contributed by atoms with Crippen LogP contribution < -0.4 is 0 Å². The number of hydrogen-bond acceptors (Lipinski definition) is 8. The Kier molecular flexibility index (Phi) is 17.9. The molecule has 165 valence electrons. The molecule has 0 heterocycles. The van der Waals surface area contributed by atoms with Crippen LogP contribution in [0.5, 0.6) is 0 Å². The average Bonchev–Trinajstić information content (AvgIpc) is 2.60. The number of carbonyl (C=O) groups is 3. The van der Waals surface area contributed by atoms with Gasteiger partial charge in [-0.3, -0.25) is 18.9 Å². The minimum atomic E-state index is -5.03. The van der Waals surface area contributed by atoms with Gasteiger partial charge in [0.1, 0.15) is 0 Å². The quantitative estimate of drug-likeness (QED) is 0.131. The molecule has 0 fully saturated rings. The van der Waals surface area contributed by atoms with Crippen LogP contribution in [-0.2, 0) is 38.7 Å². The van der Waals surface area contributed by atoms with Crippen molar-refractivity contribution in [3.8, 4) is 0 Å². The topological polar surface area (TPSA) is 133 Å². The molecule has 2 atom stereocenters. The van der Waals surface area contributed by atoms with Crippen LogP contribution in [0.25, 0.3) is 0 Å². The Balaban J connectivity index is 0. The van der Waals surface area contributed by atoms with E-state index in [0.717, 1.165) is 12.8 Å². The molecule has 0 aromatic rings. The van der Waals surface area contributed by atoms with Crippen LogP contribution in [0, 0.1) is 5.92 Å². The molecule has 0 aliphatic rings. The second-order valence-electron chi connectivity index (χ2n) is 6.36. The second kappa shape index (κ2) is 17.0. The van der Waals surface area contributed by atoms with E-state index < -0.39 is 45.6 Å². The molecule has 0 aromatic heterocycles. The molecule has 11 heteroatoms. The number of unbranched alkanes of at least 4 members (excludes halogenated alkanes) is 3. The molecule has 0 saturated carbocycles. The van der Waals surface area contributed by atoms with Gasteiger partial charge in [-0.2, -0.15) is 8.42 Å². The van der Waals surface area contributed by atoms with E-state index in [1.807, 2.05) is 20.8 Å². The van der Waals surface area contributed by atoms with Gasteiger partial charge in [0.2, 0.25) is 0 Å². The normalized spacial score (nSPS) is 13.0. The molecule has 0 bridgehead atoms. The second-order valence-corrected chi connectivity index (χ2v) is 7.90.